The van der Waals surface area contributed by atoms with Crippen molar-refractivity contribution in [3.8, 4) is 0 Å². The zero-order valence-corrected chi connectivity index (χ0v) is 12.6. The Kier molecular flexibility index (Phi) is 6.18. The molecular weight excluding hydrogens is 285 g/mol. The van der Waals surface area contributed by atoms with Gasteiger partial charge in [-0.15, -0.1) is 0 Å². The van der Waals surface area contributed by atoms with E-state index in [9.17, 15) is 14.0 Å². The predicted octanol–water partition coefficient (Wildman–Crippen LogP) is 2.03. The number of amides is 3. The van der Waals surface area contributed by atoms with Crippen molar-refractivity contribution in [1.82, 2.24) is 15.5 Å². The summed E-state index contributed by atoms with van der Waals surface area (Å²) in [4.78, 5) is 25.3. The van der Waals surface area contributed by atoms with Crippen molar-refractivity contribution in [1.29, 1.82) is 0 Å². The molecule has 1 aromatic carbocycles. The molecule has 0 aromatic heterocycles. The zero-order chi connectivity index (χ0) is 15.8. The average Bonchev–Trinajstić information content (AvgIpc) is 2.72. The molecule has 0 spiro atoms. The van der Waals surface area contributed by atoms with Crippen LogP contribution in [0.15, 0.2) is 24.3 Å². The third kappa shape index (κ3) is 5.35. The Labute approximate surface area is 129 Å². The minimum Gasteiger partial charge on any atom is -0.341 e. The molecule has 1 saturated heterocycles. The van der Waals surface area contributed by atoms with Gasteiger partial charge in [-0.3, -0.25) is 4.79 Å². The first kappa shape index (κ1) is 16.3. The Balaban J connectivity index is 1.65. The van der Waals surface area contributed by atoms with Gasteiger partial charge in [0.1, 0.15) is 5.82 Å². The molecule has 0 atom stereocenters. The molecule has 0 bridgehead atoms. The van der Waals surface area contributed by atoms with Gasteiger partial charge in [0.15, 0.2) is 0 Å². The summed E-state index contributed by atoms with van der Waals surface area (Å²) in [5, 5.41) is 5.44. The topological polar surface area (TPSA) is 61.4 Å². The molecule has 2 rings (SSSR count). The lowest BCUT2D eigenvalue weighted by molar-refractivity contribution is -0.130. The van der Waals surface area contributed by atoms with Gasteiger partial charge in [-0.2, -0.15) is 0 Å². The normalized spacial score (nSPS) is 15.3. The Morgan fingerprint density at radius 1 is 1.14 bits per heavy atom. The fourth-order valence-electron chi connectivity index (χ4n) is 2.43. The molecule has 0 saturated carbocycles. The lowest BCUT2D eigenvalue weighted by Crippen LogP contribution is -2.41. The largest absolute Gasteiger partial charge is 0.341 e. The number of hydrogen-bond acceptors (Lipinski definition) is 2. The SMILES string of the molecule is O=C(NCCN1CCCCCC1=O)NCc1ccc(F)cc1. The van der Waals surface area contributed by atoms with Gasteiger partial charge in [0.25, 0.3) is 0 Å². The van der Waals surface area contributed by atoms with Crippen LogP contribution in [0.2, 0.25) is 0 Å². The summed E-state index contributed by atoms with van der Waals surface area (Å²) in [5.74, 6) is -0.124. The molecular formula is C16H22FN3O2. The van der Waals surface area contributed by atoms with Crippen molar-refractivity contribution < 1.29 is 14.0 Å². The van der Waals surface area contributed by atoms with Crippen LogP contribution in [-0.4, -0.2) is 36.5 Å². The van der Waals surface area contributed by atoms with Crippen molar-refractivity contribution in [2.45, 2.75) is 32.2 Å². The van der Waals surface area contributed by atoms with Crippen LogP contribution < -0.4 is 10.6 Å². The summed E-state index contributed by atoms with van der Waals surface area (Å²) in [5.41, 5.74) is 0.833. The number of urea groups is 1. The number of hydrogen-bond donors (Lipinski definition) is 2. The summed E-state index contributed by atoms with van der Waals surface area (Å²) < 4.78 is 12.8. The van der Waals surface area contributed by atoms with Gasteiger partial charge in [0.05, 0.1) is 0 Å². The van der Waals surface area contributed by atoms with Crippen molar-refractivity contribution in [3.63, 3.8) is 0 Å². The summed E-state index contributed by atoms with van der Waals surface area (Å²) >= 11 is 0. The van der Waals surface area contributed by atoms with Gasteiger partial charge < -0.3 is 15.5 Å². The first-order chi connectivity index (χ1) is 10.6. The van der Waals surface area contributed by atoms with Crippen molar-refractivity contribution in [3.05, 3.63) is 35.6 Å². The zero-order valence-electron chi connectivity index (χ0n) is 12.6. The van der Waals surface area contributed by atoms with Gasteiger partial charge >= 0.3 is 6.03 Å². The van der Waals surface area contributed by atoms with Crippen LogP contribution >= 0.6 is 0 Å². The van der Waals surface area contributed by atoms with Crippen molar-refractivity contribution in [2.24, 2.45) is 0 Å². The highest BCUT2D eigenvalue weighted by molar-refractivity contribution is 5.76. The molecule has 5 nitrogen and oxygen atoms in total. The molecule has 1 aromatic rings. The Morgan fingerprint density at radius 3 is 2.68 bits per heavy atom. The van der Waals surface area contributed by atoms with Crippen LogP contribution in [0.4, 0.5) is 9.18 Å². The second-order valence-electron chi connectivity index (χ2n) is 5.43. The van der Waals surface area contributed by atoms with Gasteiger partial charge in [0.2, 0.25) is 5.91 Å². The van der Waals surface area contributed by atoms with E-state index in [1.807, 2.05) is 4.90 Å². The van der Waals surface area contributed by atoms with E-state index in [1.54, 1.807) is 12.1 Å². The fourth-order valence-corrected chi connectivity index (χ4v) is 2.43. The van der Waals surface area contributed by atoms with E-state index in [-0.39, 0.29) is 17.8 Å². The molecule has 3 amide bonds. The van der Waals surface area contributed by atoms with Crippen LogP contribution in [0.3, 0.4) is 0 Å². The minimum atomic E-state index is -0.296. The smallest absolute Gasteiger partial charge is 0.315 e. The molecule has 120 valence electrons. The summed E-state index contributed by atoms with van der Waals surface area (Å²) in [6, 6.07) is 5.70. The van der Waals surface area contributed by atoms with Crippen LogP contribution in [0, 0.1) is 5.82 Å². The van der Waals surface area contributed by atoms with Crippen LogP contribution in [0.1, 0.15) is 31.2 Å². The molecule has 1 heterocycles. The van der Waals surface area contributed by atoms with Crippen LogP contribution in [0.5, 0.6) is 0 Å². The second-order valence-corrected chi connectivity index (χ2v) is 5.43. The number of carbonyl (C=O) groups is 2. The maximum Gasteiger partial charge on any atom is 0.315 e. The highest BCUT2D eigenvalue weighted by atomic mass is 19.1. The molecule has 1 aliphatic rings. The highest BCUT2D eigenvalue weighted by Gasteiger charge is 2.15. The molecule has 22 heavy (non-hydrogen) atoms. The number of carbonyl (C=O) groups excluding carboxylic acids is 2. The number of nitrogens with zero attached hydrogens (tertiary/aromatic N) is 1. The number of likely N-dealkylation sites (tertiary alicyclic amines) is 1. The first-order valence-electron chi connectivity index (χ1n) is 7.69. The number of benzene rings is 1. The molecule has 0 aliphatic carbocycles. The molecule has 0 unspecified atom stereocenters. The van der Waals surface area contributed by atoms with Crippen molar-refractivity contribution in [2.75, 3.05) is 19.6 Å². The Bertz CT molecular complexity index is 505. The fraction of sp³-hybridized carbons (Fsp3) is 0.500. The number of nitrogens with one attached hydrogen (secondary N) is 2. The highest BCUT2D eigenvalue weighted by Crippen LogP contribution is 2.10. The van der Waals surface area contributed by atoms with Crippen LogP contribution in [0.25, 0.3) is 0 Å². The minimum absolute atomic E-state index is 0.172. The van der Waals surface area contributed by atoms with Gasteiger partial charge in [0, 0.05) is 32.6 Å². The van der Waals surface area contributed by atoms with E-state index in [1.165, 1.54) is 12.1 Å². The molecule has 1 aliphatic heterocycles. The molecule has 1 fully saturated rings. The number of halogens is 1. The van der Waals surface area contributed by atoms with E-state index in [0.717, 1.165) is 31.4 Å². The third-order valence-electron chi connectivity index (χ3n) is 3.70. The quantitative estimate of drug-likeness (QED) is 0.874. The van der Waals surface area contributed by atoms with E-state index in [4.69, 9.17) is 0 Å². The Hall–Kier alpha value is -2.11. The monoisotopic (exact) mass is 307 g/mol. The Morgan fingerprint density at radius 2 is 1.91 bits per heavy atom. The summed E-state index contributed by atoms with van der Waals surface area (Å²) in [6.07, 6.45) is 3.69. The number of rotatable bonds is 5. The predicted molar refractivity (Wildman–Crippen MR) is 81.7 cm³/mol. The standard InChI is InChI=1S/C16H22FN3O2/c17-14-7-5-13(6-8-14)12-19-16(22)18-9-11-20-10-3-1-2-4-15(20)21/h5-8H,1-4,9-12H2,(H2,18,19,22). The van der Waals surface area contributed by atoms with Gasteiger partial charge in [-0.25, -0.2) is 9.18 Å². The summed E-state index contributed by atoms with van der Waals surface area (Å²) in [6.45, 7) is 2.09. The lowest BCUT2D eigenvalue weighted by atomic mass is 10.2. The van der Waals surface area contributed by atoms with E-state index >= 15 is 0 Å². The average molecular weight is 307 g/mol. The van der Waals surface area contributed by atoms with E-state index in [2.05, 4.69) is 10.6 Å². The van der Waals surface area contributed by atoms with Crippen LogP contribution in [-0.2, 0) is 11.3 Å². The lowest BCUT2D eigenvalue weighted by Gasteiger charge is -2.20. The summed E-state index contributed by atoms with van der Waals surface area (Å²) in [7, 11) is 0. The first-order valence-corrected chi connectivity index (χ1v) is 7.69. The maximum absolute atomic E-state index is 12.8. The second kappa shape index (κ2) is 8.36. The maximum atomic E-state index is 12.8. The molecule has 2 N–H and O–H groups in total. The molecule has 0 radical (unpaired) electrons. The van der Waals surface area contributed by atoms with Gasteiger partial charge in [-0.1, -0.05) is 18.6 Å². The van der Waals surface area contributed by atoms with Gasteiger partial charge in [-0.05, 0) is 30.5 Å². The molecule has 6 heteroatoms. The third-order valence-corrected chi connectivity index (χ3v) is 3.70. The van der Waals surface area contributed by atoms with E-state index in [0.29, 0.717) is 26.1 Å². The van der Waals surface area contributed by atoms with Crippen molar-refractivity contribution >= 4 is 11.9 Å². The van der Waals surface area contributed by atoms with E-state index < -0.39 is 0 Å².